The number of aryl methyl sites for hydroxylation is 1. The van der Waals surface area contributed by atoms with E-state index in [4.69, 9.17) is 14.2 Å². The van der Waals surface area contributed by atoms with Crippen LogP contribution in [0.4, 0.5) is 0 Å². The summed E-state index contributed by atoms with van der Waals surface area (Å²) in [7, 11) is 0. The molecular formula is C21H19BrO5. The lowest BCUT2D eigenvalue weighted by Crippen LogP contribution is -2.18. The van der Waals surface area contributed by atoms with Crippen LogP contribution < -0.4 is 9.47 Å². The summed E-state index contributed by atoms with van der Waals surface area (Å²) < 4.78 is 17.2. The number of halogens is 1. The predicted octanol–water partition coefficient (Wildman–Crippen LogP) is 4.70. The zero-order valence-electron chi connectivity index (χ0n) is 15.2. The second-order valence-corrected chi connectivity index (χ2v) is 7.35. The number of benzene rings is 2. The predicted molar refractivity (Wildman–Crippen MR) is 105 cm³/mol. The maximum atomic E-state index is 12.7. The fraction of sp³-hybridized carbons (Fsp3) is 0.238. The minimum atomic E-state index is -0.448. The Morgan fingerprint density at radius 2 is 1.93 bits per heavy atom. The van der Waals surface area contributed by atoms with Gasteiger partial charge >= 0.3 is 5.97 Å². The SMILES string of the molecule is Cc1cc(OCC(=O)OC(C)C)cc2c1C(=O)/C(=C/c1ccc(Br)cc1)O2. The van der Waals surface area contributed by atoms with Crippen molar-refractivity contribution in [3.63, 3.8) is 0 Å². The van der Waals surface area contributed by atoms with Gasteiger partial charge in [0.25, 0.3) is 0 Å². The molecule has 6 heteroatoms. The molecule has 3 rings (SSSR count). The first-order chi connectivity index (χ1) is 12.8. The molecule has 0 atom stereocenters. The van der Waals surface area contributed by atoms with Crippen LogP contribution in [0, 0.1) is 6.92 Å². The van der Waals surface area contributed by atoms with E-state index in [0.29, 0.717) is 17.1 Å². The molecular weight excluding hydrogens is 412 g/mol. The molecule has 0 N–H and O–H groups in total. The first-order valence-corrected chi connectivity index (χ1v) is 9.29. The number of ketones is 1. The Morgan fingerprint density at radius 3 is 2.59 bits per heavy atom. The lowest BCUT2D eigenvalue weighted by molar-refractivity contribution is -0.149. The van der Waals surface area contributed by atoms with Gasteiger partial charge in [-0.15, -0.1) is 0 Å². The van der Waals surface area contributed by atoms with Crippen molar-refractivity contribution in [2.45, 2.75) is 26.9 Å². The molecule has 0 radical (unpaired) electrons. The van der Waals surface area contributed by atoms with E-state index < -0.39 is 5.97 Å². The average molecular weight is 431 g/mol. The maximum absolute atomic E-state index is 12.7. The second kappa shape index (κ2) is 7.96. The van der Waals surface area contributed by atoms with Crippen molar-refractivity contribution >= 4 is 33.8 Å². The average Bonchev–Trinajstić information content (AvgIpc) is 2.91. The van der Waals surface area contributed by atoms with Gasteiger partial charge in [0.1, 0.15) is 11.5 Å². The number of fused-ring (bicyclic) bond motifs is 1. The number of carbonyl (C=O) groups excluding carboxylic acids is 2. The van der Waals surface area contributed by atoms with Crippen LogP contribution in [0.3, 0.4) is 0 Å². The number of Topliss-reactive ketones (excluding diaryl/α,β-unsaturated/α-hetero) is 1. The zero-order valence-corrected chi connectivity index (χ0v) is 16.8. The number of hydrogen-bond acceptors (Lipinski definition) is 5. The number of hydrogen-bond donors (Lipinski definition) is 0. The van der Waals surface area contributed by atoms with Gasteiger partial charge in [0.2, 0.25) is 5.78 Å². The highest BCUT2D eigenvalue weighted by atomic mass is 79.9. The van der Waals surface area contributed by atoms with E-state index in [1.54, 1.807) is 32.1 Å². The van der Waals surface area contributed by atoms with E-state index in [9.17, 15) is 9.59 Å². The molecule has 1 aliphatic heterocycles. The van der Waals surface area contributed by atoms with Crippen LogP contribution in [0.2, 0.25) is 0 Å². The van der Waals surface area contributed by atoms with Crippen molar-refractivity contribution in [1.29, 1.82) is 0 Å². The summed E-state index contributed by atoms with van der Waals surface area (Å²) in [6.45, 7) is 5.15. The molecule has 140 valence electrons. The Morgan fingerprint density at radius 1 is 1.22 bits per heavy atom. The van der Waals surface area contributed by atoms with Crippen molar-refractivity contribution in [2.75, 3.05) is 6.61 Å². The van der Waals surface area contributed by atoms with E-state index in [1.807, 2.05) is 31.2 Å². The van der Waals surface area contributed by atoms with Crippen LogP contribution in [-0.2, 0) is 9.53 Å². The molecule has 0 saturated heterocycles. The van der Waals surface area contributed by atoms with Crippen LogP contribution >= 0.6 is 15.9 Å². The Balaban J connectivity index is 1.78. The molecule has 0 spiro atoms. The fourth-order valence-corrected chi connectivity index (χ4v) is 2.97. The normalized spacial score (nSPS) is 14.3. The van der Waals surface area contributed by atoms with Crippen LogP contribution in [0.25, 0.3) is 6.08 Å². The Hall–Kier alpha value is -2.60. The van der Waals surface area contributed by atoms with Gasteiger partial charge in [-0.1, -0.05) is 28.1 Å². The highest BCUT2D eigenvalue weighted by Gasteiger charge is 2.30. The number of carbonyl (C=O) groups is 2. The molecule has 0 amide bonds. The highest BCUT2D eigenvalue weighted by Crippen LogP contribution is 2.37. The van der Waals surface area contributed by atoms with E-state index >= 15 is 0 Å². The molecule has 0 aromatic heterocycles. The van der Waals surface area contributed by atoms with Gasteiger partial charge in [-0.3, -0.25) is 4.79 Å². The van der Waals surface area contributed by atoms with Crippen LogP contribution in [-0.4, -0.2) is 24.5 Å². The quantitative estimate of drug-likeness (QED) is 0.507. The molecule has 1 heterocycles. The second-order valence-electron chi connectivity index (χ2n) is 6.43. The number of allylic oxidation sites excluding steroid dienone is 1. The number of ether oxygens (including phenoxy) is 3. The maximum Gasteiger partial charge on any atom is 0.344 e. The largest absolute Gasteiger partial charge is 0.482 e. The van der Waals surface area contributed by atoms with Crippen LogP contribution in [0.1, 0.15) is 35.3 Å². The molecule has 27 heavy (non-hydrogen) atoms. The van der Waals surface area contributed by atoms with Crippen molar-refractivity contribution in [3.8, 4) is 11.5 Å². The Bertz CT molecular complexity index is 913. The van der Waals surface area contributed by atoms with Crippen LogP contribution in [0.5, 0.6) is 11.5 Å². The third kappa shape index (κ3) is 4.57. The first-order valence-electron chi connectivity index (χ1n) is 8.50. The standard InChI is InChI=1S/C21H19BrO5/c1-12(2)26-19(23)11-25-16-8-13(3)20-17(10-16)27-18(21(20)24)9-14-4-6-15(22)7-5-14/h4-10,12H,11H2,1-3H3/b18-9-. The van der Waals surface area contributed by atoms with Gasteiger partial charge in [0.05, 0.1) is 11.7 Å². The summed E-state index contributed by atoms with van der Waals surface area (Å²) in [5.74, 6) is 0.513. The summed E-state index contributed by atoms with van der Waals surface area (Å²) in [5, 5.41) is 0. The lowest BCUT2D eigenvalue weighted by Gasteiger charge is -2.10. The van der Waals surface area contributed by atoms with Gasteiger partial charge in [-0.05, 0) is 56.2 Å². The Labute approximate surface area is 166 Å². The van der Waals surface area contributed by atoms with Crippen molar-refractivity contribution in [2.24, 2.45) is 0 Å². The first kappa shape index (κ1) is 19.2. The van der Waals surface area contributed by atoms with Crippen LogP contribution in [0.15, 0.2) is 46.6 Å². The van der Waals surface area contributed by atoms with Crippen molar-refractivity contribution in [1.82, 2.24) is 0 Å². The van der Waals surface area contributed by atoms with E-state index in [2.05, 4.69) is 15.9 Å². The summed E-state index contributed by atoms with van der Waals surface area (Å²) in [4.78, 5) is 24.3. The van der Waals surface area contributed by atoms with Gasteiger partial charge in [-0.25, -0.2) is 4.79 Å². The van der Waals surface area contributed by atoms with Crippen molar-refractivity contribution in [3.05, 3.63) is 63.3 Å². The summed E-state index contributed by atoms with van der Waals surface area (Å²) in [5.41, 5.74) is 2.10. The molecule has 0 bridgehead atoms. The third-order valence-corrected chi connectivity index (χ3v) is 4.36. The lowest BCUT2D eigenvalue weighted by atomic mass is 10.0. The highest BCUT2D eigenvalue weighted by molar-refractivity contribution is 9.10. The van der Waals surface area contributed by atoms with Gasteiger partial charge in [0.15, 0.2) is 12.4 Å². The minimum Gasteiger partial charge on any atom is -0.482 e. The molecule has 0 unspecified atom stereocenters. The third-order valence-electron chi connectivity index (χ3n) is 3.84. The smallest absolute Gasteiger partial charge is 0.344 e. The molecule has 2 aromatic carbocycles. The summed E-state index contributed by atoms with van der Waals surface area (Å²) in [6.07, 6.45) is 1.50. The number of esters is 1. The fourth-order valence-electron chi connectivity index (χ4n) is 2.71. The Kier molecular flexibility index (Phi) is 5.65. The monoisotopic (exact) mass is 430 g/mol. The summed E-state index contributed by atoms with van der Waals surface area (Å²) >= 11 is 3.38. The molecule has 0 saturated carbocycles. The van der Waals surface area contributed by atoms with E-state index in [-0.39, 0.29) is 24.3 Å². The zero-order chi connectivity index (χ0) is 19.6. The summed E-state index contributed by atoms with van der Waals surface area (Å²) in [6, 6.07) is 10.9. The molecule has 1 aliphatic rings. The van der Waals surface area contributed by atoms with E-state index in [1.165, 1.54) is 0 Å². The molecule has 0 aliphatic carbocycles. The van der Waals surface area contributed by atoms with Gasteiger partial charge < -0.3 is 14.2 Å². The minimum absolute atomic E-state index is 0.170. The van der Waals surface area contributed by atoms with Crippen molar-refractivity contribution < 1.29 is 23.8 Å². The van der Waals surface area contributed by atoms with Gasteiger partial charge in [0, 0.05) is 10.5 Å². The molecule has 0 fully saturated rings. The molecule has 2 aromatic rings. The number of rotatable bonds is 5. The van der Waals surface area contributed by atoms with E-state index in [0.717, 1.165) is 15.6 Å². The van der Waals surface area contributed by atoms with Gasteiger partial charge in [-0.2, -0.15) is 0 Å². The topological polar surface area (TPSA) is 61.8 Å². The molecule has 5 nitrogen and oxygen atoms in total.